The number of hydrogen-bond donors (Lipinski definition) is 1. The number of rotatable bonds is 2. The highest BCUT2D eigenvalue weighted by atomic mass is 16.7. The Morgan fingerprint density at radius 3 is 2.71 bits per heavy atom. The van der Waals surface area contributed by atoms with Gasteiger partial charge < -0.3 is 19.5 Å². The van der Waals surface area contributed by atoms with Crippen LogP contribution in [0.2, 0.25) is 0 Å². The quantitative estimate of drug-likeness (QED) is 0.842. The maximum atomic E-state index is 12.5. The third-order valence-corrected chi connectivity index (χ3v) is 4.90. The van der Waals surface area contributed by atoms with E-state index < -0.39 is 11.2 Å². The number of carbonyl (C=O) groups is 1. The second-order valence-corrected chi connectivity index (χ2v) is 6.13. The summed E-state index contributed by atoms with van der Waals surface area (Å²) < 4.78 is 16.8. The Hall–Kier alpha value is -1.59. The van der Waals surface area contributed by atoms with Crippen LogP contribution in [0.25, 0.3) is 0 Å². The van der Waals surface area contributed by atoms with Crippen LogP contribution in [0.5, 0.6) is 0 Å². The summed E-state index contributed by atoms with van der Waals surface area (Å²) in [6.45, 7) is 3.63. The first-order valence-corrected chi connectivity index (χ1v) is 7.45. The van der Waals surface area contributed by atoms with Gasteiger partial charge in [-0.2, -0.15) is 0 Å². The molecule has 0 amide bonds. The van der Waals surface area contributed by atoms with E-state index >= 15 is 0 Å². The number of carbonyl (C=O) groups excluding carboxylic acids is 1. The molecule has 3 aliphatic rings. The van der Waals surface area contributed by atoms with Gasteiger partial charge in [-0.05, 0) is 18.6 Å². The largest absolute Gasteiger partial charge is 0.465 e. The average molecular weight is 289 g/mol. The highest BCUT2D eigenvalue weighted by Crippen LogP contribution is 2.49. The van der Waals surface area contributed by atoms with Crippen molar-refractivity contribution in [3.05, 3.63) is 29.8 Å². The number of anilines is 1. The van der Waals surface area contributed by atoms with Gasteiger partial charge in [0, 0.05) is 18.5 Å². The molecule has 1 aromatic carbocycles. The zero-order chi connectivity index (χ0) is 14.5. The molecule has 4 rings (SSSR count). The molecule has 5 nitrogen and oxygen atoms in total. The van der Waals surface area contributed by atoms with E-state index in [4.69, 9.17) is 14.2 Å². The van der Waals surface area contributed by atoms with Gasteiger partial charge in [-0.3, -0.25) is 4.79 Å². The fraction of sp³-hybridized carbons (Fsp3) is 0.562. The molecule has 21 heavy (non-hydrogen) atoms. The fourth-order valence-electron chi connectivity index (χ4n) is 3.86. The molecule has 5 heteroatoms. The Labute approximate surface area is 123 Å². The molecular formula is C16H19NO4. The minimum atomic E-state index is -0.629. The van der Waals surface area contributed by atoms with Crippen molar-refractivity contribution < 1.29 is 19.0 Å². The zero-order valence-electron chi connectivity index (χ0n) is 12.1. The topological polar surface area (TPSA) is 56.8 Å². The summed E-state index contributed by atoms with van der Waals surface area (Å²) in [4.78, 5) is 12.5. The van der Waals surface area contributed by atoms with E-state index in [1.807, 2.05) is 31.2 Å². The highest BCUT2D eigenvalue weighted by molar-refractivity contribution is 5.91. The molecule has 2 atom stereocenters. The van der Waals surface area contributed by atoms with Gasteiger partial charge >= 0.3 is 5.97 Å². The number of nitrogens with one attached hydrogen (secondary N) is 1. The fourth-order valence-corrected chi connectivity index (χ4v) is 3.86. The standard InChI is InChI=1S/C16H19NO4/c1-15(20-8-9-21-15)10-13-16(6-7-19-14(16)18)11-4-2-3-5-12(11)17-13/h2-5,13,17H,6-10H2,1H3/t13-,16+/m1/s1. The van der Waals surface area contributed by atoms with E-state index in [0.717, 1.165) is 11.3 Å². The Kier molecular flexibility index (Phi) is 2.78. The molecule has 1 N–H and O–H groups in total. The van der Waals surface area contributed by atoms with Gasteiger partial charge in [0.15, 0.2) is 5.79 Å². The molecule has 0 aliphatic carbocycles. The molecule has 3 aliphatic heterocycles. The van der Waals surface area contributed by atoms with E-state index in [-0.39, 0.29) is 12.0 Å². The molecule has 112 valence electrons. The van der Waals surface area contributed by atoms with Crippen molar-refractivity contribution in [2.24, 2.45) is 0 Å². The van der Waals surface area contributed by atoms with Crippen molar-refractivity contribution in [1.82, 2.24) is 0 Å². The summed E-state index contributed by atoms with van der Waals surface area (Å²) in [5, 5.41) is 3.49. The van der Waals surface area contributed by atoms with E-state index in [2.05, 4.69) is 5.32 Å². The summed E-state index contributed by atoms with van der Waals surface area (Å²) in [5.74, 6) is -0.762. The molecule has 2 saturated heterocycles. The predicted molar refractivity (Wildman–Crippen MR) is 76.0 cm³/mol. The van der Waals surface area contributed by atoms with Gasteiger partial charge in [-0.1, -0.05) is 18.2 Å². The summed E-state index contributed by atoms with van der Waals surface area (Å²) in [6.07, 6.45) is 1.33. The van der Waals surface area contributed by atoms with Crippen LogP contribution in [0.3, 0.4) is 0 Å². The second-order valence-electron chi connectivity index (χ2n) is 6.13. The van der Waals surface area contributed by atoms with Crippen LogP contribution in [-0.2, 0) is 24.4 Å². The number of ether oxygens (including phenoxy) is 3. The predicted octanol–water partition coefficient (Wildman–Crippen LogP) is 1.82. The lowest BCUT2D eigenvalue weighted by Gasteiger charge is -2.33. The van der Waals surface area contributed by atoms with Crippen LogP contribution >= 0.6 is 0 Å². The first-order valence-electron chi connectivity index (χ1n) is 7.45. The van der Waals surface area contributed by atoms with E-state index in [1.165, 1.54) is 0 Å². The van der Waals surface area contributed by atoms with E-state index in [0.29, 0.717) is 32.7 Å². The number of hydrogen-bond acceptors (Lipinski definition) is 5. The second kappa shape index (κ2) is 4.45. The zero-order valence-corrected chi connectivity index (χ0v) is 12.1. The van der Waals surface area contributed by atoms with Crippen LogP contribution < -0.4 is 5.32 Å². The van der Waals surface area contributed by atoms with Gasteiger partial charge in [-0.15, -0.1) is 0 Å². The minimum absolute atomic E-state index is 0.0620. The van der Waals surface area contributed by atoms with Crippen molar-refractivity contribution in [3.63, 3.8) is 0 Å². The van der Waals surface area contributed by atoms with Gasteiger partial charge in [0.2, 0.25) is 0 Å². The van der Waals surface area contributed by atoms with Crippen LogP contribution in [0.1, 0.15) is 25.3 Å². The lowest BCUT2D eigenvalue weighted by molar-refractivity contribution is -0.155. The highest BCUT2D eigenvalue weighted by Gasteiger charge is 2.58. The Balaban J connectivity index is 1.73. The van der Waals surface area contributed by atoms with Crippen LogP contribution in [0, 0.1) is 0 Å². The lowest BCUT2D eigenvalue weighted by Crippen LogP contribution is -2.47. The van der Waals surface area contributed by atoms with Gasteiger partial charge in [0.05, 0.1) is 25.9 Å². The summed E-state index contributed by atoms with van der Waals surface area (Å²) >= 11 is 0. The van der Waals surface area contributed by atoms with Crippen LogP contribution in [-0.4, -0.2) is 37.6 Å². The minimum Gasteiger partial charge on any atom is -0.465 e. The Morgan fingerprint density at radius 1 is 1.24 bits per heavy atom. The maximum Gasteiger partial charge on any atom is 0.318 e. The van der Waals surface area contributed by atoms with Gasteiger partial charge in [0.25, 0.3) is 0 Å². The lowest BCUT2D eigenvalue weighted by atomic mass is 9.73. The summed E-state index contributed by atoms with van der Waals surface area (Å²) in [6, 6.07) is 7.93. The number of cyclic esters (lactones) is 1. The maximum absolute atomic E-state index is 12.5. The van der Waals surface area contributed by atoms with Crippen LogP contribution in [0.4, 0.5) is 5.69 Å². The SMILES string of the molecule is CC1(C[C@H]2Nc3ccccc3[C@@]23CCOC3=O)OCCO1. The molecule has 2 fully saturated rings. The van der Waals surface area contributed by atoms with Gasteiger partial charge in [0.1, 0.15) is 5.41 Å². The first-order chi connectivity index (χ1) is 10.1. The number of para-hydroxylation sites is 1. The molecule has 0 radical (unpaired) electrons. The number of benzene rings is 1. The summed E-state index contributed by atoms with van der Waals surface area (Å²) in [5.41, 5.74) is 1.46. The first kappa shape index (κ1) is 13.1. The monoisotopic (exact) mass is 289 g/mol. The average Bonchev–Trinajstić information content (AvgIpc) is 3.13. The smallest absolute Gasteiger partial charge is 0.318 e. The Morgan fingerprint density at radius 2 is 2.00 bits per heavy atom. The van der Waals surface area contributed by atoms with Crippen molar-refractivity contribution >= 4 is 11.7 Å². The van der Waals surface area contributed by atoms with Crippen molar-refractivity contribution in [2.45, 2.75) is 37.0 Å². The number of fused-ring (bicyclic) bond motifs is 2. The normalized spacial score (nSPS) is 33.0. The summed E-state index contributed by atoms with van der Waals surface area (Å²) in [7, 11) is 0. The third-order valence-electron chi connectivity index (χ3n) is 4.90. The molecule has 0 bridgehead atoms. The van der Waals surface area contributed by atoms with E-state index in [9.17, 15) is 4.79 Å². The molecular weight excluding hydrogens is 270 g/mol. The van der Waals surface area contributed by atoms with Crippen LogP contribution in [0.15, 0.2) is 24.3 Å². The Bertz CT molecular complexity index is 581. The molecule has 3 heterocycles. The molecule has 1 spiro atoms. The molecule has 0 saturated carbocycles. The van der Waals surface area contributed by atoms with E-state index in [1.54, 1.807) is 0 Å². The molecule has 1 aromatic rings. The number of esters is 1. The van der Waals surface area contributed by atoms with Crippen molar-refractivity contribution in [2.75, 3.05) is 25.1 Å². The third kappa shape index (κ3) is 1.80. The molecule has 0 unspecified atom stereocenters. The van der Waals surface area contributed by atoms with Gasteiger partial charge in [-0.25, -0.2) is 0 Å². The molecule has 0 aromatic heterocycles. The van der Waals surface area contributed by atoms with Crippen molar-refractivity contribution in [3.8, 4) is 0 Å². The van der Waals surface area contributed by atoms with Crippen molar-refractivity contribution in [1.29, 1.82) is 0 Å².